The Morgan fingerprint density at radius 1 is 1.06 bits per heavy atom. The van der Waals surface area contributed by atoms with Gasteiger partial charge in [-0.25, -0.2) is 8.42 Å². The van der Waals surface area contributed by atoms with Gasteiger partial charge in [0.15, 0.2) is 16.4 Å². The lowest BCUT2D eigenvalue weighted by atomic mass is 10.2. The maximum atomic E-state index is 13.0. The van der Waals surface area contributed by atoms with Crippen molar-refractivity contribution in [3.8, 4) is 17.1 Å². The first-order valence-electron chi connectivity index (χ1n) is 8.10. The van der Waals surface area contributed by atoms with Gasteiger partial charge in [0.2, 0.25) is 0 Å². The monoisotopic (exact) mass is 480 g/mol. The second-order valence-corrected chi connectivity index (χ2v) is 8.27. The maximum absolute atomic E-state index is 13.0. The van der Waals surface area contributed by atoms with Crippen LogP contribution in [0.2, 0.25) is 0 Å². The highest BCUT2D eigenvalue weighted by molar-refractivity contribution is 7.91. The Morgan fingerprint density at radius 2 is 1.68 bits per heavy atom. The van der Waals surface area contributed by atoms with Gasteiger partial charge in [0.05, 0.1) is 28.2 Å². The van der Waals surface area contributed by atoms with Crippen LogP contribution < -0.4 is 10.3 Å². The molecule has 0 atom stereocenters. The molecular formula is C16H12F8N2O4S. The zero-order valence-corrected chi connectivity index (χ0v) is 16.1. The van der Waals surface area contributed by atoms with E-state index < -0.39 is 73.6 Å². The Kier molecular flexibility index (Phi) is 6.41. The third-order valence-electron chi connectivity index (χ3n) is 3.85. The molecule has 0 aliphatic carbocycles. The Labute approximate surface area is 168 Å². The number of aromatic amines is 1. The van der Waals surface area contributed by atoms with E-state index in [1.807, 2.05) is 0 Å². The molecule has 0 radical (unpaired) electrons. The SMILES string of the molecule is CCS(=O)(=O)c1cc(C(F)(F)F)c(=O)[nH]c1-c1ccc(OCC(F)(F)C(F)(F)F)cn1. The fraction of sp³-hybridized carbons (Fsp3) is 0.375. The lowest BCUT2D eigenvalue weighted by molar-refractivity contribution is -0.290. The fourth-order valence-corrected chi connectivity index (χ4v) is 3.26. The van der Waals surface area contributed by atoms with Gasteiger partial charge in [-0.05, 0) is 18.2 Å². The normalized spacial score (nSPS) is 13.3. The molecule has 0 spiro atoms. The predicted octanol–water partition coefficient (Wildman–Crippen LogP) is 3.83. The average molecular weight is 480 g/mol. The van der Waals surface area contributed by atoms with Crippen LogP contribution in [0.1, 0.15) is 12.5 Å². The first-order valence-corrected chi connectivity index (χ1v) is 9.76. The molecule has 15 heteroatoms. The third kappa shape index (κ3) is 5.32. The largest absolute Gasteiger partial charge is 0.485 e. The Morgan fingerprint density at radius 3 is 2.13 bits per heavy atom. The number of H-pyrrole nitrogens is 1. The molecule has 0 fully saturated rings. The maximum Gasteiger partial charge on any atom is 0.456 e. The van der Waals surface area contributed by atoms with Crippen molar-refractivity contribution in [1.82, 2.24) is 9.97 Å². The number of nitrogens with one attached hydrogen (secondary N) is 1. The van der Waals surface area contributed by atoms with Gasteiger partial charge in [0.25, 0.3) is 5.56 Å². The predicted molar refractivity (Wildman–Crippen MR) is 89.5 cm³/mol. The molecule has 2 heterocycles. The van der Waals surface area contributed by atoms with Crippen molar-refractivity contribution in [3.63, 3.8) is 0 Å². The van der Waals surface area contributed by atoms with E-state index in [1.165, 1.54) is 0 Å². The number of ether oxygens (including phenoxy) is 1. The summed E-state index contributed by atoms with van der Waals surface area (Å²) in [6.45, 7) is -0.924. The van der Waals surface area contributed by atoms with E-state index in [0.717, 1.165) is 19.1 Å². The van der Waals surface area contributed by atoms with Gasteiger partial charge in [-0.2, -0.15) is 35.1 Å². The van der Waals surface area contributed by atoms with Crippen molar-refractivity contribution in [2.45, 2.75) is 30.1 Å². The molecule has 31 heavy (non-hydrogen) atoms. The molecule has 2 aromatic heterocycles. The summed E-state index contributed by atoms with van der Waals surface area (Å²) in [5.74, 6) is -6.36. The minimum Gasteiger partial charge on any atom is -0.485 e. The minimum atomic E-state index is -5.86. The second-order valence-electron chi connectivity index (χ2n) is 6.02. The Bertz CT molecular complexity index is 1110. The number of rotatable bonds is 6. The van der Waals surface area contributed by atoms with Crippen LogP contribution in [0.5, 0.6) is 5.75 Å². The summed E-state index contributed by atoms with van der Waals surface area (Å²) in [6.07, 6.45) is -10.4. The summed E-state index contributed by atoms with van der Waals surface area (Å²) < 4.78 is 130. The zero-order valence-electron chi connectivity index (χ0n) is 15.2. The van der Waals surface area contributed by atoms with Gasteiger partial charge in [0.1, 0.15) is 11.3 Å². The number of pyridine rings is 2. The van der Waals surface area contributed by atoms with Crippen LogP contribution >= 0.6 is 0 Å². The number of hydrogen-bond acceptors (Lipinski definition) is 5. The molecule has 2 rings (SSSR count). The molecule has 1 N–H and O–H groups in total. The van der Waals surface area contributed by atoms with Crippen molar-refractivity contribution < 1.29 is 48.3 Å². The highest BCUT2D eigenvalue weighted by atomic mass is 32.2. The van der Waals surface area contributed by atoms with E-state index in [4.69, 9.17) is 0 Å². The van der Waals surface area contributed by atoms with Gasteiger partial charge in [-0.3, -0.25) is 9.78 Å². The van der Waals surface area contributed by atoms with E-state index in [2.05, 4.69) is 9.72 Å². The molecule has 0 unspecified atom stereocenters. The molecule has 0 aliphatic rings. The van der Waals surface area contributed by atoms with E-state index in [0.29, 0.717) is 6.20 Å². The van der Waals surface area contributed by atoms with E-state index in [-0.39, 0.29) is 6.07 Å². The molecule has 0 aromatic carbocycles. The van der Waals surface area contributed by atoms with Crippen LogP contribution in [-0.4, -0.2) is 42.8 Å². The quantitative estimate of drug-likeness (QED) is 0.635. The average Bonchev–Trinajstić information content (AvgIpc) is 2.64. The van der Waals surface area contributed by atoms with Crippen molar-refractivity contribution in [2.75, 3.05) is 12.4 Å². The van der Waals surface area contributed by atoms with Gasteiger partial charge < -0.3 is 9.72 Å². The third-order valence-corrected chi connectivity index (χ3v) is 5.60. The standard InChI is InChI=1S/C16H12F8N2O4S/c1-2-31(28,29)11-5-9(15(19,20)21)13(27)26-12(11)10-4-3-8(6-25-10)30-7-14(17,18)16(22,23)24/h3-6H,2,7H2,1H3,(H,26,27). The van der Waals surface area contributed by atoms with Crippen molar-refractivity contribution in [2.24, 2.45) is 0 Å². The second kappa shape index (κ2) is 8.09. The van der Waals surface area contributed by atoms with Crippen LogP contribution in [0.25, 0.3) is 11.4 Å². The molecule has 2 aromatic rings. The van der Waals surface area contributed by atoms with Gasteiger partial charge in [-0.15, -0.1) is 0 Å². The van der Waals surface area contributed by atoms with Gasteiger partial charge in [-0.1, -0.05) is 6.92 Å². The van der Waals surface area contributed by atoms with Crippen LogP contribution in [0.3, 0.4) is 0 Å². The molecular weight excluding hydrogens is 468 g/mol. The Hall–Kier alpha value is -2.71. The van der Waals surface area contributed by atoms with E-state index in [1.54, 1.807) is 4.98 Å². The van der Waals surface area contributed by atoms with Crippen LogP contribution in [0, 0.1) is 0 Å². The first kappa shape index (κ1) is 24.6. The first-order chi connectivity index (χ1) is 14.0. The highest BCUT2D eigenvalue weighted by Gasteiger charge is 2.58. The summed E-state index contributed by atoms with van der Waals surface area (Å²) in [6, 6.07) is 1.84. The molecule has 0 saturated carbocycles. The lowest BCUT2D eigenvalue weighted by Gasteiger charge is -2.19. The summed E-state index contributed by atoms with van der Waals surface area (Å²) in [4.78, 5) is 16.3. The van der Waals surface area contributed by atoms with Gasteiger partial charge >= 0.3 is 18.3 Å². The Balaban J connectivity index is 2.47. The fourth-order valence-electron chi connectivity index (χ4n) is 2.18. The topological polar surface area (TPSA) is 89.1 Å². The molecule has 0 bridgehead atoms. The number of aromatic nitrogens is 2. The highest BCUT2D eigenvalue weighted by Crippen LogP contribution is 2.36. The number of alkyl halides is 8. The summed E-state index contributed by atoms with van der Waals surface area (Å²) in [7, 11) is -4.30. The zero-order chi connectivity index (χ0) is 23.8. The molecule has 0 amide bonds. The smallest absolute Gasteiger partial charge is 0.456 e. The van der Waals surface area contributed by atoms with Crippen LogP contribution in [0.15, 0.2) is 34.1 Å². The minimum absolute atomic E-state index is 0.142. The summed E-state index contributed by atoms with van der Waals surface area (Å²) >= 11 is 0. The summed E-state index contributed by atoms with van der Waals surface area (Å²) in [5, 5.41) is 0. The molecule has 6 nitrogen and oxygen atoms in total. The van der Waals surface area contributed by atoms with E-state index in [9.17, 15) is 48.3 Å². The lowest BCUT2D eigenvalue weighted by Crippen LogP contribution is -2.41. The number of nitrogens with zero attached hydrogens (tertiary/aromatic N) is 1. The van der Waals surface area contributed by atoms with Crippen molar-refractivity contribution >= 4 is 9.84 Å². The van der Waals surface area contributed by atoms with Crippen molar-refractivity contribution in [1.29, 1.82) is 0 Å². The van der Waals surface area contributed by atoms with Crippen LogP contribution in [-0.2, 0) is 16.0 Å². The molecule has 0 saturated heterocycles. The van der Waals surface area contributed by atoms with Crippen molar-refractivity contribution in [3.05, 3.63) is 40.3 Å². The summed E-state index contributed by atoms with van der Waals surface area (Å²) in [5.41, 5.74) is -4.44. The number of halogens is 8. The van der Waals surface area contributed by atoms with Gasteiger partial charge in [0, 0.05) is 0 Å². The molecule has 172 valence electrons. The molecule has 0 aliphatic heterocycles. The van der Waals surface area contributed by atoms with Crippen LogP contribution in [0.4, 0.5) is 35.1 Å². The number of hydrogen-bond donors (Lipinski definition) is 1. The number of sulfone groups is 1. The van der Waals surface area contributed by atoms with E-state index >= 15 is 0 Å².